The Balaban J connectivity index is 1.36. The van der Waals surface area contributed by atoms with Gasteiger partial charge in [-0.05, 0) is 35.9 Å². The van der Waals surface area contributed by atoms with Gasteiger partial charge in [0.05, 0.1) is 6.61 Å². The lowest BCUT2D eigenvalue weighted by Crippen LogP contribution is -2.59. The van der Waals surface area contributed by atoms with Gasteiger partial charge in [0.15, 0.2) is 5.72 Å². The Morgan fingerprint density at radius 3 is 2.29 bits per heavy atom. The molecule has 3 aliphatic heterocycles. The van der Waals surface area contributed by atoms with Crippen molar-refractivity contribution in [1.82, 2.24) is 9.80 Å². The van der Waals surface area contributed by atoms with Crippen molar-refractivity contribution in [3.8, 4) is 0 Å². The number of hydrogen-bond donors (Lipinski definition) is 0. The second-order valence-corrected chi connectivity index (χ2v) is 9.18. The highest BCUT2D eigenvalue weighted by Gasteiger charge is 2.60. The van der Waals surface area contributed by atoms with E-state index in [0.29, 0.717) is 50.5 Å². The summed E-state index contributed by atoms with van der Waals surface area (Å²) in [7, 11) is 0. The van der Waals surface area contributed by atoms with Crippen molar-refractivity contribution in [2.24, 2.45) is 0 Å². The number of anilines is 1. The Morgan fingerprint density at radius 2 is 1.54 bits per heavy atom. The van der Waals surface area contributed by atoms with Crippen LogP contribution in [0.4, 0.5) is 10.1 Å². The van der Waals surface area contributed by atoms with Crippen LogP contribution in [-0.4, -0.2) is 60.9 Å². The molecule has 7 heteroatoms. The maximum absolute atomic E-state index is 14.3. The van der Waals surface area contributed by atoms with E-state index < -0.39 is 11.6 Å². The second kappa shape index (κ2) is 8.50. The molecule has 2 saturated heterocycles. The fraction of sp³-hybridized carbons (Fsp3) is 0.286. The van der Waals surface area contributed by atoms with Gasteiger partial charge in [-0.3, -0.25) is 9.59 Å². The number of benzene rings is 3. The van der Waals surface area contributed by atoms with Crippen molar-refractivity contribution >= 4 is 17.5 Å². The second-order valence-electron chi connectivity index (χ2n) is 9.18. The topological polar surface area (TPSA) is 53.1 Å². The van der Waals surface area contributed by atoms with E-state index >= 15 is 0 Å². The molecule has 3 heterocycles. The van der Waals surface area contributed by atoms with Gasteiger partial charge in [0.25, 0.3) is 5.91 Å². The number of nitrogens with zero attached hydrogens (tertiary/aromatic N) is 3. The van der Waals surface area contributed by atoms with Crippen LogP contribution in [0.1, 0.15) is 27.4 Å². The Kier molecular flexibility index (Phi) is 5.29. The summed E-state index contributed by atoms with van der Waals surface area (Å²) in [5.41, 5.74) is 1.86. The lowest BCUT2D eigenvalue weighted by atomic mass is 9.76. The monoisotopic (exact) mass is 471 g/mol. The van der Waals surface area contributed by atoms with Crippen LogP contribution in [0.3, 0.4) is 0 Å². The summed E-state index contributed by atoms with van der Waals surface area (Å²) in [6.45, 7) is 3.17. The van der Waals surface area contributed by atoms with Gasteiger partial charge in [-0.2, -0.15) is 0 Å². The molecule has 6 nitrogen and oxygen atoms in total. The van der Waals surface area contributed by atoms with Crippen LogP contribution in [-0.2, 0) is 15.3 Å². The lowest BCUT2D eigenvalue weighted by Gasteiger charge is -2.48. The molecule has 2 fully saturated rings. The maximum atomic E-state index is 14.3. The van der Waals surface area contributed by atoms with Crippen LogP contribution >= 0.6 is 0 Å². The summed E-state index contributed by atoms with van der Waals surface area (Å²) in [4.78, 5) is 33.6. The van der Waals surface area contributed by atoms with E-state index in [4.69, 9.17) is 4.74 Å². The summed E-state index contributed by atoms with van der Waals surface area (Å²) in [5, 5.41) is 0. The minimum atomic E-state index is -1.17. The zero-order valence-electron chi connectivity index (χ0n) is 19.3. The minimum absolute atomic E-state index is 0.0422. The molecule has 3 aromatic carbocycles. The highest BCUT2D eigenvalue weighted by Crippen LogP contribution is 2.51. The summed E-state index contributed by atoms with van der Waals surface area (Å²) < 4.78 is 19.7. The molecule has 2 atom stereocenters. The molecule has 3 aliphatic rings. The summed E-state index contributed by atoms with van der Waals surface area (Å²) in [6, 6.07) is 23.5. The molecule has 0 aliphatic carbocycles. The first kappa shape index (κ1) is 21.8. The highest BCUT2D eigenvalue weighted by atomic mass is 19.1. The van der Waals surface area contributed by atoms with Crippen molar-refractivity contribution in [1.29, 1.82) is 0 Å². The number of rotatable bonds is 3. The first-order chi connectivity index (χ1) is 17.1. The van der Waals surface area contributed by atoms with Crippen LogP contribution in [0.5, 0.6) is 0 Å². The zero-order valence-corrected chi connectivity index (χ0v) is 19.3. The predicted octanol–water partition coefficient (Wildman–Crippen LogP) is 3.60. The molecule has 0 unspecified atom stereocenters. The molecular weight excluding hydrogens is 445 g/mol. The normalized spacial score (nSPS) is 23.7. The molecule has 0 aromatic heterocycles. The van der Waals surface area contributed by atoms with Gasteiger partial charge in [0.2, 0.25) is 5.91 Å². The lowest BCUT2D eigenvalue weighted by molar-refractivity contribution is -0.152. The van der Waals surface area contributed by atoms with Gasteiger partial charge in [-0.15, -0.1) is 0 Å². The molecule has 0 radical (unpaired) electrons. The molecule has 3 aromatic rings. The van der Waals surface area contributed by atoms with E-state index in [9.17, 15) is 14.0 Å². The van der Waals surface area contributed by atoms with Gasteiger partial charge < -0.3 is 19.4 Å². The van der Waals surface area contributed by atoms with E-state index in [-0.39, 0.29) is 17.6 Å². The van der Waals surface area contributed by atoms with Gasteiger partial charge >= 0.3 is 0 Å². The zero-order chi connectivity index (χ0) is 24.0. The third kappa shape index (κ3) is 3.41. The van der Waals surface area contributed by atoms with E-state index in [0.717, 1.165) is 11.3 Å². The number of hydrogen-bond acceptors (Lipinski definition) is 4. The largest absolute Gasteiger partial charge is 0.368 e. The quantitative estimate of drug-likeness (QED) is 0.586. The van der Waals surface area contributed by atoms with E-state index in [1.165, 1.54) is 12.1 Å². The smallest absolute Gasteiger partial charge is 0.256 e. The number of halogens is 1. The predicted molar refractivity (Wildman–Crippen MR) is 129 cm³/mol. The third-order valence-electron chi connectivity index (χ3n) is 7.39. The summed E-state index contributed by atoms with van der Waals surface area (Å²) >= 11 is 0. The number of ether oxygens (including phenoxy) is 1. The van der Waals surface area contributed by atoms with Gasteiger partial charge in [-0.1, -0.05) is 48.5 Å². The van der Waals surface area contributed by atoms with Crippen molar-refractivity contribution in [3.05, 3.63) is 101 Å². The molecule has 6 rings (SSSR count). The summed E-state index contributed by atoms with van der Waals surface area (Å²) in [6.07, 6.45) is 0. The van der Waals surface area contributed by atoms with Crippen LogP contribution in [0.25, 0.3) is 0 Å². The molecule has 0 bridgehead atoms. The van der Waals surface area contributed by atoms with Crippen LogP contribution in [0.2, 0.25) is 0 Å². The maximum Gasteiger partial charge on any atom is 0.256 e. The molecule has 0 N–H and O–H groups in total. The van der Waals surface area contributed by atoms with Crippen molar-refractivity contribution in [3.63, 3.8) is 0 Å². The van der Waals surface area contributed by atoms with Gasteiger partial charge in [0, 0.05) is 49.5 Å². The molecule has 0 saturated carbocycles. The van der Waals surface area contributed by atoms with Crippen molar-refractivity contribution in [2.45, 2.75) is 11.6 Å². The third-order valence-corrected chi connectivity index (χ3v) is 7.39. The Bertz CT molecular complexity index is 1260. The van der Waals surface area contributed by atoms with Crippen LogP contribution in [0, 0.1) is 5.82 Å². The average molecular weight is 472 g/mol. The number of amides is 2. The highest BCUT2D eigenvalue weighted by molar-refractivity contribution is 6.02. The number of piperazine rings is 1. The fourth-order valence-electron chi connectivity index (χ4n) is 5.73. The van der Waals surface area contributed by atoms with Crippen molar-refractivity contribution < 1.29 is 18.7 Å². The molecule has 2 amide bonds. The van der Waals surface area contributed by atoms with E-state index in [2.05, 4.69) is 4.90 Å². The minimum Gasteiger partial charge on any atom is -0.368 e. The number of fused-ring (bicyclic) bond motifs is 2. The van der Waals surface area contributed by atoms with E-state index in [1.54, 1.807) is 23.1 Å². The molecule has 178 valence electrons. The Labute approximate surface area is 203 Å². The van der Waals surface area contributed by atoms with Crippen LogP contribution in [0.15, 0.2) is 78.9 Å². The summed E-state index contributed by atoms with van der Waals surface area (Å²) in [5.74, 6) is -1.08. The van der Waals surface area contributed by atoms with Gasteiger partial charge in [-0.25, -0.2) is 4.39 Å². The standard InChI is InChI=1S/C28H26FN3O3/c29-21-10-12-22(13-11-21)30-14-16-31(17-15-30)27(34)25-23-8-4-5-9-24(23)26(33)32-18-19-35-28(25,32)20-6-2-1-3-7-20/h1-13,25H,14-19H2/t25-,28+/m1/s1. The molecule has 0 spiro atoms. The Hall–Kier alpha value is -3.71. The fourth-order valence-corrected chi connectivity index (χ4v) is 5.73. The Morgan fingerprint density at radius 1 is 0.857 bits per heavy atom. The average Bonchev–Trinajstić information content (AvgIpc) is 3.36. The molecule has 35 heavy (non-hydrogen) atoms. The van der Waals surface area contributed by atoms with E-state index in [1.807, 2.05) is 53.4 Å². The molecular formula is C28H26FN3O3. The number of carbonyl (C=O) groups excluding carboxylic acids is 2. The van der Waals surface area contributed by atoms with Gasteiger partial charge in [0.1, 0.15) is 11.7 Å². The SMILES string of the molecule is O=C([C@H]1c2ccccc2C(=O)N2CCO[C@@]12c1ccccc1)N1CCN(c2ccc(F)cc2)CC1. The first-order valence-electron chi connectivity index (χ1n) is 12.0. The van der Waals surface area contributed by atoms with Crippen LogP contribution < -0.4 is 4.90 Å². The number of carbonyl (C=O) groups is 2. The van der Waals surface area contributed by atoms with Crippen molar-refractivity contribution in [2.75, 3.05) is 44.2 Å². The first-order valence-corrected chi connectivity index (χ1v) is 12.0.